The minimum Gasteiger partial charge on any atom is -0.469 e. The van der Waals surface area contributed by atoms with Crippen molar-refractivity contribution >= 4 is 28.6 Å². The van der Waals surface area contributed by atoms with Gasteiger partial charge >= 0.3 is 18.3 Å². The van der Waals surface area contributed by atoms with E-state index in [1.807, 2.05) is 30.3 Å². The Balaban J connectivity index is 1.61. The van der Waals surface area contributed by atoms with E-state index in [4.69, 9.17) is 9.72 Å². The number of methoxy groups -OCH3 is 1. The first-order valence-electron chi connectivity index (χ1n) is 15.6. The normalized spacial score (nSPS) is 14.0. The predicted octanol–water partition coefficient (Wildman–Crippen LogP) is 7.29. The zero-order chi connectivity index (χ0) is 34.9. The van der Waals surface area contributed by atoms with Gasteiger partial charge in [-0.1, -0.05) is 30.2 Å². The number of halogens is 6. The third-order valence-electron chi connectivity index (χ3n) is 8.13. The summed E-state index contributed by atoms with van der Waals surface area (Å²) < 4.78 is 87.7. The number of pyridine rings is 1. The Morgan fingerprint density at radius 1 is 0.958 bits per heavy atom. The van der Waals surface area contributed by atoms with E-state index in [9.17, 15) is 31.1 Å². The molecule has 2 aromatic carbocycles. The van der Waals surface area contributed by atoms with Crippen molar-refractivity contribution in [2.24, 2.45) is 11.3 Å². The Hall–Kier alpha value is -4.43. The molecule has 0 spiro atoms. The summed E-state index contributed by atoms with van der Waals surface area (Å²) in [7, 11) is 1.25. The largest absolute Gasteiger partial charge is 0.469 e. The number of hydrogen-bond donors (Lipinski definition) is 0. The number of hydrogen-bond acceptors (Lipinski definition) is 8. The molecule has 258 valence electrons. The molecule has 1 aliphatic rings. The smallest absolute Gasteiger partial charge is 0.416 e. The number of nitrogens with zero attached hydrogens (tertiary/aromatic N) is 7. The van der Waals surface area contributed by atoms with Gasteiger partial charge in [-0.3, -0.25) is 4.79 Å². The topological polar surface area (TPSA) is 89.3 Å². The number of fused-ring (bicyclic) bond motifs is 1. The lowest BCUT2D eigenvalue weighted by atomic mass is 9.94. The summed E-state index contributed by atoms with van der Waals surface area (Å²) in [5, 5.41) is 13.4. The summed E-state index contributed by atoms with van der Waals surface area (Å²) in [5.41, 5.74) is -2.70. The van der Waals surface area contributed by atoms with E-state index in [-0.39, 0.29) is 30.7 Å². The number of tetrazole rings is 1. The number of anilines is 2. The van der Waals surface area contributed by atoms with E-state index in [0.29, 0.717) is 36.0 Å². The van der Waals surface area contributed by atoms with Crippen LogP contribution in [0.1, 0.15) is 62.3 Å². The Bertz CT molecular complexity index is 1720. The Morgan fingerprint density at radius 2 is 1.62 bits per heavy atom. The number of ether oxygens (including phenoxy) is 1. The molecule has 2 heterocycles. The average Bonchev–Trinajstić information content (AvgIpc) is 3.73. The van der Waals surface area contributed by atoms with Crippen LogP contribution in [0, 0.1) is 11.3 Å². The molecule has 1 fully saturated rings. The van der Waals surface area contributed by atoms with Gasteiger partial charge in [0, 0.05) is 37.1 Å². The monoisotopic (exact) mass is 677 g/mol. The molecule has 5 rings (SSSR count). The fourth-order valence-electron chi connectivity index (χ4n) is 5.56. The van der Waals surface area contributed by atoms with Gasteiger partial charge in [-0.15, -0.1) is 5.10 Å². The first-order valence-corrected chi connectivity index (χ1v) is 15.6. The van der Waals surface area contributed by atoms with E-state index >= 15 is 0 Å². The van der Waals surface area contributed by atoms with Crippen molar-refractivity contribution in [3.63, 3.8) is 0 Å². The molecule has 48 heavy (non-hydrogen) atoms. The molecule has 9 nitrogen and oxygen atoms in total. The predicted molar refractivity (Wildman–Crippen MR) is 167 cm³/mol. The lowest BCUT2D eigenvalue weighted by Gasteiger charge is -2.29. The molecule has 1 aliphatic carbocycles. The van der Waals surface area contributed by atoms with Crippen LogP contribution >= 0.6 is 0 Å². The SMILES string of the molecule is CCCN(CC1CC1)c1nc2ccccc2cc1CN(Cc1cc(C(F)(F)F)cc(C(F)(F)F)c1)c1nnn(CC(C)(C)C(=O)OC)n1. The quantitative estimate of drug-likeness (QED) is 0.108. The first-order chi connectivity index (χ1) is 22.6. The number of esters is 1. The second-order valence-electron chi connectivity index (χ2n) is 12.8. The van der Waals surface area contributed by atoms with Crippen molar-refractivity contribution in [2.75, 3.05) is 30.0 Å². The molecule has 0 N–H and O–H groups in total. The standard InChI is InChI=1S/C33H37F6N7O2/c1-5-12-44(17-21-10-11-21)28-24(15-23-8-6-7-9-27(23)40-28)19-45(30-41-43-46(42-30)20-31(2,3)29(47)48-4)18-22-13-25(32(34,35)36)16-26(14-22)33(37,38)39/h6-9,13-16,21H,5,10-12,17-20H2,1-4H3. The van der Waals surface area contributed by atoms with Gasteiger partial charge in [-0.25, -0.2) is 4.98 Å². The van der Waals surface area contributed by atoms with Gasteiger partial charge in [-0.05, 0) is 80.1 Å². The molecular formula is C33H37F6N7O2. The van der Waals surface area contributed by atoms with Crippen molar-refractivity contribution in [3.05, 3.63) is 70.8 Å². The van der Waals surface area contributed by atoms with Crippen LogP contribution in [0.15, 0.2) is 48.5 Å². The number of carbonyl (C=O) groups is 1. The summed E-state index contributed by atoms with van der Waals surface area (Å²) in [6.45, 7) is 6.30. The van der Waals surface area contributed by atoms with Crippen molar-refractivity contribution < 1.29 is 35.9 Å². The highest BCUT2D eigenvalue weighted by atomic mass is 19.4. The van der Waals surface area contributed by atoms with Crippen molar-refractivity contribution in [1.82, 2.24) is 25.2 Å². The van der Waals surface area contributed by atoms with E-state index < -0.39 is 41.4 Å². The molecule has 0 aliphatic heterocycles. The first kappa shape index (κ1) is 34.9. The summed E-state index contributed by atoms with van der Waals surface area (Å²) >= 11 is 0. The van der Waals surface area contributed by atoms with Crippen LogP contribution in [0.3, 0.4) is 0 Å². The third-order valence-corrected chi connectivity index (χ3v) is 8.13. The summed E-state index contributed by atoms with van der Waals surface area (Å²) in [5.74, 6) is 0.608. The van der Waals surface area contributed by atoms with Crippen molar-refractivity contribution in [3.8, 4) is 0 Å². The van der Waals surface area contributed by atoms with Gasteiger partial charge in [0.2, 0.25) is 0 Å². The maximum Gasteiger partial charge on any atom is 0.416 e. The van der Waals surface area contributed by atoms with Crippen LogP contribution < -0.4 is 9.80 Å². The van der Waals surface area contributed by atoms with Gasteiger partial charge in [0.1, 0.15) is 5.82 Å². The highest BCUT2D eigenvalue weighted by molar-refractivity contribution is 5.82. The zero-order valence-corrected chi connectivity index (χ0v) is 27.1. The molecule has 0 amide bonds. The Kier molecular flexibility index (Phi) is 9.88. The number of para-hydroxylation sites is 1. The van der Waals surface area contributed by atoms with Crippen LogP contribution in [0.2, 0.25) is 0 Å². The minimum absolute atomic E-state index is 0.0122. The third kappa shape index (κ3) is 8.34. The van der Waals surface area contributed by atoms with Crippen LogP contribution in [-0.2, 0) is 41.5 Å². The van der Waals surface area contributed by atoms with E-state index in [1.54, 1.807) is 13.8 Å². The molecule has 0 radical (unpaired) electrons. The number of rotatable bonds is 13. The zero-order valence-electron chi connectivity index (χ0n) is 27.1. The molecule has 0 bridgehead atoms. The van der Waals surface area contributed by atoms with E-state index in [1.165, 1.54) is 12.0 Å². The van der Waals surface area contributed by atoms with E-state index in [2.05, 4.69) is 27.2 Å². The van der Waals surface area contributed by atoms with Crippen molar-refractivity contribution in [2.45, 2.75) is 72.0 Å². The fourth-order valence-corrected chi connectivity index (χ4v) is 5.56. The Labute approximate surface area is 273 Å². The maximum atomic E-state index is 13.8. The van der Waals surface area contributed by atoms with Crippen LogP contribution in [0.5, 0.6) is 0 Å². The summed E-state index contributed by atoms with van der Waals surface area (Å²) in [6, 6.07) is 10.9. The molecule has 0 saturated heterocycles. The number of alkyl halides is 6. The van der Waals surface area contributed by atoms with Gasteiger partial charge in [0.15, 0.2) is 0 Å². The average molecular weight is 678 g/mol. The fraction of sp³-hybridized carbons (Fsp3) is 0.485. The lowest BCUT2D eigenvalue weighted by Crippen LogP contribution is -2.32. The van der Waals surface area contributed by atoms with Crippen LogP contribution in [0.4, 0.5) is 38.1 Å². The molecule has 15 heteroatoms. The highest BCUT2D eigenvalue weighted by Gasteiger charge is 2.37. The van der Waals surface area contributed by atoms with Gasteiger partial charge in [-0.2, -0.15) is 31.1 Å². The molecule has 1 saturated carbocycles. The Morgan fingerprint density at radius 3 is 2.23 bits per heavy atom. The van der Waals surface area contributed by atoms with Gasteiger partial charge in [0.25, 0.3) is 5.95 Å². The summed E-state index contributed by atoms with van der Waals surface area (Å²) in [4.78, 5) is 22.1. The molecule has 0 unspecified atom stereocenters. The molecular weight excluding hydrogens is 640 g/mol. The van der Waals surface area contributed by atoms with Crippen LogP contribution in [-0.4, -0.2) is 51.4 Å². The second-order valence-corrected chi connectivity index (χ2v) is 12.8. The number of aromatic nitrogens is 5. The minimum atomic E-state index is -5.01. The van der Waals surface area contributed by atoms with Crippen LogP contribution in [0.25, 0.3) is 10.9 Å². The van der Waals surface area contributed by atoms with Crippen molar-refractivity contribution in [1.29, 1.82) is 0 Å². The summed E-state index contributed by atoms with van der Waals surface area (Å²) in [6.07, 6.45) is -7.00. The van der Waals surface area contributed by atoms with Gasteiger partial charge in [0.05, 0.1) is 35.7 Å². The maximum absolute atomic E-state index is 13.8. The number of carbonyl (C=O) groups excluding carboxylic acids is 1. The highest BCUT2D eigenvalue weighted by Crippen LogP contribution is 2.38. The van der Waals surface area contributed by atoms with E-state index in [0.717, 1.165) is 41.5 Å². The number of benzene rings is 2. The molecule has 0 atom stereocenters. The second kappa shape index (κ2) is 13.6. The lowest BCUT2D eigenvalue weighted by molar-refractivity contribution is -0.151. The molecule has 2 aromatic heterocycles. The molecule has 4 aromatic rings. The van der Waals surface area contributed by atoms with Gasteiger partial charge < -0.3 is 14.5 Å².